The lowest BCUT2D eigenvalue weighted by Crippen LogP contribution is -1.99. The van der Waals surface area contributed by atoms with Crippen LogP contribution in [-0.2, 0) is 13.0 Å². The van der Waals surface area contributed by atoms with Crippen molar-refractivity contribution in [3.63, 3.8) is 0 Å². The van der Waals surface area contributed by atoms with Gasteiger partial charge in [0.15, 0.2) is 0 Å². The fourth-order valence-electron chi connectivity index (χ4n) is 4.63. The fourth-order valence-corrected chi connectivity index (χ4v) is 4.63. The van der Waals surface area contributed by atoms with Crippen molar-refractivity contribution in [1.82, 2.24) is 4.57 Å². The second-order valence-corrected chi connectivity index (χ2v) is 7.45. The number of hydrogen-bond acceptors (Lipinski definition) is 0. The van der Waals surface area contributed by atoms with Crippen LogP contribution in [0.25, 0.3) is 32.9 Å². The summed E-state index contributed by atoms with van der Waals surface area (Å²) in [5, 5.41) is 2.67. The van der Waals surface area contributed by atoms with E-state index in [2.05, 4.69) is 95.6 Å². The zero-order valence-electron chi connectivity index (χ0n) is 15.0. The van der Waals surface area contributed by atoms with Gasteiger partial charge in [0.1, 0.15) is 0 Å². The molecule has 0 radical (unpaired) electrons. The van der Waals surface area contributed by atoms with E-state index in [1.807, 2.05) is 0 Å². The quantitative estimate of drug-likeness (QED) is 0.341. The highest BCUT2D eigenvalue weighted by molar-refractivity contribution is 6.08. The van der Waals surface area contributed by atoms with Gasteiger partial charge in [0.2, 0.25) is 0 Å². The topological polar surface area (TPSA) is 4.93 Å². The van der Waals surface area contributed by atoms with E-state index in [0.717, 1.165) is 13.0 Å². The highest BCUT2D eigenvalue weighted by Crippen LogP contribution is 2.37. The van der Waals surface area contributed by atoms with Crippen LogP contribution >= 0.6 is 0 Å². The molecule has 6 rings (SSSR count). The number of benzene rings is 4. The molecule has 1 heteroatoms. The van der Waals surface area contributed by atoms with E-state index >= 15 is 0 Å². The summed E-state index contributed by atoms with van der Waals surface area (Å²) in [7, 11) is 0. The van der Waals surface area contributed by atoms with Gasteiger partial charge in [-0.3, -0.25) is 0 Å². The lowest BCUT2D eigenvalue weighted by Gasteiger charge is -2.10. The minimum absolute atomic E-state index is 0.892. The molecule has 1 aliphatic carbocycles. The van der Waals surface area contributed by atoms with Gasteiger partial charge < -0.3 is 4.57 Å². The van der Waals surface area contributed by atoms with Gasteiger partial charge >= 0.3 is 0 Å². The second kappa shape index (κ2) is 5.59. The van der Waals surface area contributed by atoms with E-state index < -0.39 is 0 Å². The minimum Gasteiger partial charge on any atom is -0.336 e. The van der Waals surface area contributed by atoms with Crippen molar-refractivity contribution in [2.24, 2.45) is 0 Å². The third kappa shape index (κ3) is 2.18. The van der Waals surface area contributed by atoms with E-state index in [0.29, 0.717) is 0 Å². The normalized spacial score (nSPS) is 12.4. The molecular formula is C26H19N. The van der Waals surface area contributed by atoms with E-state index in [4.69, 9.17) is 0 Å². The Morgan fingerprint density at radius 3 is 2.00 bits per heavy atom. The molecule has 0 saturated heterocycles. The molecule has 27 heavy (non-hydrogen) atoms. The third-order valence-corrected chi connectivity index (χ3v) is 5.88. The lowest BCUT2D eigenvalue weighted by atomic mass is 10.0. The monoisotopic (exact) mass is 345 g/mol. The summed E-state index contributed by atoms with van der Waals surface area (Å²) in [4.78, 5) is 0. The summed E-state index contributed by atoms with van der Waals surface area (Å²) in [6.07, 6.45) is 1.06. The second-order valence-electron chi connectivity index (χ2n) is 7.45. The maximum Gasteiger partial charge on any atom is 0.0494 e. The van der Waals surface area contributed by atoms with Gasteiger partial charge in [-0.25, -0.2) is 0 Å². The van der Waals surface area contributed by atoms with E-state index in [-0.39, 0.29) is 0 Å². The molecule has 0 fully saturated rings. The summed E-state index contributed by atoms with van der Waals surface area (Å²) in [6, 6.07) is 33.3. The molecule has 0 atom stereocenters. The third-order valence-electron chi connectivity index (χ3n) is 5.88. The Kier molecular flexibility index (Phi) is 3.06. The first-order chi connectivity index (χ1) is 13.4. The molecule has 1 nitrogen and oxygen atoms in total. The summed E-state index contributed by atoms with van der Waals surface area (Å²) >= 11 is 0. The van der Waals surface area contributed by atoms with Crippen LogP contribution in [0.4, 0.5) is 0 Å². The molecular weight excluding hydrogens is 326 g/mol. The number of aromatic nitrogens is 1. The Morgan fingerprint density at radius 1 is 0.593 bits per heavy atom. The minimum atomic E-state index is 0.892. The molecule has 0 saturated carbocycles. The molecule has 0 amide bonds. The highest BCUT2D eigenvalue weighted by atomic mass is 15.0. The molecule has 4 aromatic carbocycles. The maximum absolute atomic E-state index is 2.45. The van der Waals surface area contributed by atoms with Crippen molar-refractivity contribution in [2.45, 2.75) is 13.0 Å². The van der Waals surface area contributed by atoms with Crippen LogP contribution < -0.4 is 0 Å². The zero-order chi connectivity index (χ0) is 17.8. The van der Waals surface area contributed by atoms with Gasteiger partial charge in [-0.2, -0.15) is 0 Å². The Hall–Kier alpha value is -3.32. The maximum atomic E-state index is 2.45. The first-order valence-electron chi connectivity index (χ1n) is 9.54. The fraction of sp³-hybridized carbons (Fsp3) is 0.0769. The van der Waals surface area contributed by atoms with Crippen LogP contribution in [0.15, 0.2) is 91.0 Å². The van der Waals surface area contributed by atoms with Gasteiger partial charge in [-0.1, -0.05) is 72.8 Å². The zero-order valence-corrected chi connectivity index (χ0v) is 15.0. The van der Waals surface area contributed by atoms with Crippen molar-refractivity contribution < 1.29 is 0 Å². The van der Waals surface area contributed by atoms with E-state index in [1.165, 1.54) is 49.6 Å². The Balaban J connectivity index is 1.52. The van der Waals surface area contributed by atoms with Crippen LogP contribution in [0.5, 0.6) is 0 Å². The summed E-state index contributed by atoms with van der Waals surface area (Å²) in [6.45, 7) is 0.892. The van der Waals surface area contributed by atoms with Gasteiger partial charge in [0, 0.05) is 28.4 Å². The molecule has 1 aliphatic rings. The number of nitrogens with zero attached hydrogens (tertiary/aromatic N) is 1. The van der Waals surface area contributed by atoms with E-state index in [9.17, 15) is 0 Å². The van der Waals surface area contributed by atoms with Gasteiger partial charge in [-0.15, -0.1) is 0 Å². The number of hydrogen-bond donors (Lipinski definition) is 0. The van der Waals surface area contributed by atoms with Gasteiger partial charge in [0.05, 0.1) is 0 Å². The van der Waals surface area contributed by atoms with Crippen LogP contribution in [0.3, 0.4) is 0 Å². The predicted octanol–water partition coefficient (Wildman–Crippen LogP) is 6.41. The smallest absolute Gasteiger partial charge is 0.0494 e. The standard InChI is InChI=1S/C26H19N/c1-2-8-21-19(7-1)16-20-14-13-18(15-24(20)21)17-27-25-11-5-3-9-22(25)23-10-4-6-12-26(23)27/h1-15H,16-17H2. The first kappa shape index (κ1) is 14.8. The van der Waals surface area contributed by atoms with Crippen molar-refractivity contribution in [1.29, 1.82) is 0 Å². The van der Waals surface area contributed by atoms with Crippen molar-refractivity contribution >= 4 is 21.8 Å². The predicted molar refractivity (Wildman–Crippen MR) is 113 cm³/mol. The molecule has 5 aromatic rings. The lowest BCUT2D eigenvalue weighted by molar-refractivity contribution is 0.869. The molecule has 0 unspecified atom stereocenters. The molecule has 0 N–H and O–H groups in total. The van der Waals surface area contributed by atoms with Crippen molar-refractivity contribution in [3.8, 4) is 11.1 Å². The summed E-state index contributed by atoms with van der Waals surface area (Å²) in [5.41, 5.74) is 9.67. The average Bonchev–Trinajstić information content (AvgIpc) is 3.25. The van der Waals surface area contributed by atoms with Gasteiger partial charge in [0.25, 0.3) is 0 Å². The molecule has 0 aliphatic heterocycles. The van der Waals surface area contributed by atoms with Gasteiger partial charge in [-0.05, 0) is 52.4 Å². The molecule has 1 aromatic heterocycles. The molecule has 0 bridgehead atoms. The average molecular weight is 345 g/mol. The van der Waals surface area contributed by atoms with Crippen LogP contribution in [0, 0.1) is 0 Å². The summed E-state index contributed by atoms with van der Waals surface area (Å²) in [5.74, 6) is 0. The van der Waals surface area contributed by atoms with Crippen LogP contribution in [-0.4, -0.2) is 4.57 Å². The van der Waals surface area contributed by atoms with Crippen molar-refractivity contribution in [3.05, 3.63) is 108 Å². The summed E-state index contributed by atoms with van der Waals surface area (Å²) < 4.78 is 2.45. The van der Waals surface area contributed by atoms with Crippen molar-refractivity contribution in [2.75, 3.05) is 0 Å². The van der Waals surface area contributed by atoms with Crippen LogP contribution in [0.2, 0.25) is 0 Å². The number of fused-ring (bicyclic) bond motifs is 6. The van der Waals surface area contributed by atoms with E-state index in [1.54, 1.807) is 0 Å². The van der Waals surface area contributed by atoms with Crippen LogP contribution in [0.1, 0.15) is 16.7 Å². The highest BCUT2D eigenvalue weighted by Gasteiger charge is 2.18. The largest absolute Gasteiger partial charge is 0.336 e. The number of para-hydroxylation sites is 2. The first-order valence-corrected chi connectivity index (χ1v) is 9.54. The molecule has 128 valence electrons. The molecule has 1 heterocycles. The Morgan fingerprint density at radius 2 is 1.22 bits per heavy atom. The number of rotatable bonds is 2. The Labute approximate surface area is 158 Å². The Bertz CT molecular complexity index is 1270. The molecule has 0 spiro atoms. The SMILES string of the molecule is c1ccc2c(c1)Cc1ccc(Cn3c4ccccc4c4ccccc43)cc1-2.